The number of nitrogens with one attached hydrogen (secondary N) is 1. The molecule has 0 fully saturated rings. The van der Waals surface area contributed by atoms with Crippen LogP contribution in [0.3, 0.4) is 0 Å². The van der Waals surface area contributed by atoms with E-state index in [1.165, 1.54) is 0 Å². The first-order valence-electron chi connectivity index (χ1n) is 3.92. The fourth-order valence-corrected chi connectivity index (χ4v) is 0.858. The maximum absolute atomic E-state index is 8.93. The van der Waals surface area contributed by atoms with E-state index in [1.54, 1.807) is 17.9 Å². The molecular weight excluding hydrogens is 156 g/mol. The highest BCUT2D eigenvalue weighted by Crippen LogP contribution is 1.86. The fourth-order valence-electron chi connectivity index (χ4n) is 0.858. The summed E-state index contributed by atoms with van der Waals surface area (Å²) in [7, 11) is 1.82. The van der Waals surface area contributed by atoms with Gasteiger partial charge < -0.3 is 10.4 Å². The van der Waals surface area contributed by atoms with E-state index in [4.69, 9.17) is 5.11 Å². The van der Waals surface area contributed by atoms with Gasteiger partial charge in [0.2, 0.25) is 0 Å². The first-order chi connectivity index (χ1) is 5.68. The average molecular weight is 170 g/mol. The zero-order valence-electron chi connectivity index (χ0n) is 7.36. The normalized spacial score (nSPS) is 13.2. The van der Waals surface area contributed by atoms with Crippen LogP contribution < -0.4 is 5.32 Å². The number of aliphatic hydroxyl groups excluding tert-OH is 1. The van der Waals surface area contributed by atoms with Crippen molar-refractivity contribution < 1.29 is 5.11 Å². The third kappa shape index (κ3) is 2.98. The second kappa shape index (κ2) is 4.18. The van der Waals surface area contributed by atoms with Gasteiger partial charge in [-0.3, -0.25) is 4.68 Å². The molecule has 1 aromatic rings. The van der Waals surface area contributed by atoms with Crippen LogP contribution in [0.4, 0.5) is 0 Å². The Hall–Kier alpha value is -0.940. The van der Waals surface area contributed by atoms with Gasteiger partial charge in [0.15, 0.2) is 5.82 Å². The maximum Gasteiger partial charge on any atom is 0.164 e. The number of aliphatic hydroxyl groups is 1. The summed E-state index contributed by atoms with van der Waals surface area (Å²) >= 11 is 0. The summed E-state index contributed by atoms with van der Waals surface area (Å²) in [6.45, 7) is 2.91. The van der Waals surface area contributed by atoms with Crippen LogP contribution in [0.25, 0.3) is 0 Å². The number of hydrogen-bond donors (Lipinski definition) is 2. The molecule has 5 heteroatoms. The summed E-state index contributed by atoms with van der Waals surface area (Å²) < 4.78 is 1.65. The third-order valence-corrected chi connectivity index (χ3v) is 1.37. The monoisotopic (exact) mass is 170 g/mol. The topological polar surface area (TPSA) is 63.0 Å². The van der Waals surface area contributed by atoms with Crippen molar-refractivity contribution in [1.82, 2.24) is 20.1 Å². The van der Waals surface area contributed by atoms with Crippen molar-refractivity contribution in [3.63, 3.8) is 0 Å². The van der Waals surface area contributed by atoms with Crippen molar-refractivity contribution in [2.75, 3.05) is 6.54 Å². The molecule has 1 heterocycles. The van der Waals surface area contributed by atoms with Crippen molar-refractivity contribution in [2.24, 2.45) is 7.05 Å². The number of rotatable bonds is 4. The number of hydrogen-bond acceptors (Lipinski definition) is 4. The van der Waals surface area contributed by atoms with Crippen molar-refractivity contribution in [3.05, 3.63) is 12.2 Å². The second-order valence-corrected chi connectivity index (χ2v) is 2.81. The molecule has 0 aliphatic heterocycles. The van der Waals surface area contributed by atoms with Crippen LogP contribution in [0.1, 0.15) is 12.7 Å². The first kappa shape index (κ1) is 9.15. The molecule has 1 rings (SSSR count). The van der Waals surface area contributed by atoms with E-state index in [2.05, 4.69) is 15.4 Å². The Bertz CT molecular complexity index is 233. The molecule has 0 saturated heterocycles. The van der Waals surface area contributed by atoms with E-state index >= 15 is 0 Å². The lowest BCUT2D eigenvalue weighted by Gasteiger charge is -2.03. The Morgan fingerprint density at radius 1 is 1.75 bits per heavy atom. The highest BCUT2D eigenvalue weighted by atomic mass is 16.3. The molecule has 0 aliphatic carbocycles. The van der Waals surface area contributed by atoms with Crippen molar-refractivity contribution >= 4 is 0 Å². The minimum atomic E-state index is -0.325. The van der Waals surface area contributed by atoms with Gasteiger partial charge in [-0.2, -0.15) is 5.10 Å². The molecule has 2 N–H and O–H groups in total. The molecule has 5 nitrogen and oxygen atoms in total. The molecule has 1 atom stereocenters. The van der Waals surface area contributed by atoms with Gasteiger partial charge in [0.05, 0.1) is 12.6 Å². The Morgan fingerprint density at radius 2 is 2.50 bits per heavy atom. The van der Waals surface area contributed by atoms with Crippen molar-refractivity contribution in [1.29, 1.82) is 0 Å². The van der Waals surface area contributed by atoms with Crippen LogP contribution in [-0.4, -0.2) is 32.5 Å². The molecule has 1 aromatic heterocycles. The molecule has 68 valence electrons. The lowest BCUT2D eigenvalue weighted by molar-refractivity contribution is 0.190. The van der Waals surface area contributed by atoms with E-state index in [0.717, 1.165) is 5.82 Å². The molecule has 0 aliphatic rings. The van der Waals surface area contributed by atoms with Crippen LogP contribution in [-0.2, 0) is 13.6 Å². The lowest BCUT2D eigenvalue weighted by Crippen LogP contribution is -2.24. The molecule has 0 spiro atoms. The standard InChI is InChI=1S/C7H14N4O/c1-6(12)3-8-4-7-9-5-11(2)10-7/h5-6,8,12H,3-4H2,1-2H3/t6-/m1/s1. The summed E-state index contributed by atoms with van der Waals surface area (Å²) in [5.41, 5.74) is 0. The van der Waals surface area contributed by atoms with Gasteiger partial charge in [0, 0.05) is 13.6 Å². The number of aryl methyl sites for hydroxylation is 1. The van der Waals surface area contributed by atoms with Crippen LogP contribution in [0.5, 0.6) is 0 Å². The SMILES string of the molecule is C[C@@H](O)CNCc1ncn(C)n1. The molecule has 0 saturated carbocycles. The maximum atomic E-state index is 8.93. The van der Waals surface area contributed by atoms with E-state index in [9.17, 15) is 0 Å². The van der Waals surface area contributed by atoms with Gasteiger partial charge in [0.25, 0.3) is 0 Å². The van der Waals surface area contributed by atoms with E-state index in [-0.39, 0.29) is 6.10 Å². The fraction of sp³-hybridized carbons (Fsp3) is 0.714. The summed E-state index contributed by atoms with van der Waals surface area (Å²) in [5, 5.41) is 16.0. The molecule has 0 unspecified atom stereocenters. The van der Waals surface area contributed by atoms with Crippen LogP contribution in [0, 0.1) is 0 Å². The highest BCUT2D eigenvalue weighted by molar-refractivity contribution is 4.79. The Kier molecular flexibility index (Phi) is 3.19. The van der Waals surface area contributed by atoms with Crippen LogP contribution >= 0.6 is 0 Å². The largest absolute Gasteiger partial charge is 0.392 e. The van der Waals surface area contributed by atoms with E-state index in [0.29, 0.717) is 13.1 Å². The van der Waals surface area contributed by atoms with Gasteiger partial charge in [-0.05, 0) is 6.92 Å². The molecular formula is C7H14N4O. The summed E-state index contributed by atoms with van der Waals surface area (Å²) in [5.74, 6) is 0.748. The molecule has 12 heavy (non-hydrogen) atoms. The van der Waals surface area contributed by atoms with Crippen LogP contribution in [0.15, 0.2) is 6.33 Å². The molecule has 0 radical (unpaired) electrons. The van der Waals surface area contributed by atoms with Crippen LogP contribution in [0.2, 0.25) is 0 Å². The third-order valence-electron chi connectivity index (χ3n) is 1.37. The number of nitrogens with zero attached hydrogens (tertiary/aromatic N) is 3. The quantitative estimate of drug-likeness (QED) is 0.626. The predicted molar refractivity (Wildman–Crippen MR) is 44.4 cm³/mol. The summed E-state index contributed by atoms with van der Waals surface area (Å²) in [6.07, 6.45) is 1.33. The molecule has 0 amide bonds. The van der Waals surface area contributed by atoms with Gasteiger partial charge in [-0.1, -0.05) is 0 Å². The summed E-state index contributed by atoms with van der Waals surface area (Å²) in [4.78, 5) is 4.02. The van der Waals surface area contributed by atoms with Gasteiger partial charge in [0.1, 0.15) is 6.33 Å². The minimum absolute atomic E-state index is 0.325. The smallest absolute Gasteiger partial charge is 0.164 e. The zero-order chi connectivity index (χ0) is 8.97. The summed E-state index contributed by atoms with van der Waals surface area (Å²) in [6, 6.07) is 0. The van der Waals surface area contributed by atoms with Crippen molar-refractivity contribution in [3.8, 4) is 0 Å². The first-order valence-corrected chi connectivity index (χ1v) is 3.92. The second-order valence-electron chi connectivity index (χ2n) is 2.81. The van der Waals surface area contributed by atoms with Crippen molar-refractivity contribution in [2.45, 2.75) is 19.6 Å². The Labute approximate surface area is 71.4 Å². The predicted octanol–water partition coefficient (Wildman–Crippen LogP) is -0.715. The zero-order valence-corrected chi connectivity index (χ0v) is 7.36. The van der Waals surface area contributed by atoms with E-state index in [1.807, 2.05) is 7.05 Å². The lowest BCUT2D eigenvalue weighted by atomic mass is 10.4. The average Bonchev–Trinajstić information content (AvgIpc) is 2.35. The van der Waals surface area contributed by atoms with Gasteiger partial charge >= 0.3 is 0 Å². The van der Waals surface area contributed by atoms with Gasteiger partial charge in [-0.25, -0.2) is 4.98 Å². The minimum Gasteiger partial charge on any atom is -0.392 e. The number of aromatic nitrogens is 3. The highest BCUT2D eigenvalue weighted by Gasteiger charge is 1.98. The molecule has 0 aromatic carbocycles. The van der Waals surface area contributed by atoms with Gasteiger partial charge in [-0.15, -0.1) is 0 Å². The van der Waals surface area contributed by atoms with E-state index < -0.39 is 0 Å². The Balaban J connectivity index is 2.24. The molecule has 0 bridgehead atoms. The Morgan fingerprint density at radius 3 is 3.00 bits per heavy atom.